The molecule has 2 N–H and O–H groups in total. The van der Waals surface area contributed by atoms with Crippen molar-refractivity contribution in [3.05, 3.63) is 88.3 Å². The van der Waals surface area contributed by atoms with Gasteiger partial charge in [0.25, 0.3) is 5.91 Å². The summed E-state index contributed by atoms with van der Waals surface area (Å²) >= 11 is 12.3. The van der Waals surface area contributed by atoms with Crippen molar-refractivity contribution in [3.8, 4) is 16.9 Å². The molecule has 4 aromatic rings. The van der Waals surface area contributed by atoms with Crippen LogP contribution >= 0.6 is 23.2 Å². The van der Waals surface area contributed by atoms with E-state index in [-0.39, 0.29) is 17.1 Å². The lowest BCUT2D eigenvalue weighted by atomic mass is 10.0. The molecule has 0 fully saturated rings. The second-order valence-corrected chi connectivity index (χ2v) is 9.91. The molecule has 2 heterocycles. The van der Waals surface area contributed by atoms with Crippen LogP contribution in [-0.2, 0) is 16.6 Å². The van der Waals surface area contributed by atoms with Gasteiger partial charge in [-0.1, -0.05) is 46.6 Å². The molecule has 0 atom stereocenters. The first-order valence-corrected chi connectivity index (χ1v) is 12.5. The number of hydrogen-bond donors (Lipinski definition) is 2. The van der Waals surface area contributed by atoms with Gasteiger partial charge in [-0.15, -0.1) is 5.10 Å². The Hall–Kier alpha value is -3.47. The number of aromatic nitrogens is 4. The number of nitrogens with zero attached hydrogens (tertiary/aromatic N) is 4. The third kappa shape index (κ3) is 5.90. The van der Waals surface area contributed by atoms with Gasteiger partial charge in [0, 0.05) is 23.0 Å². The van der Waals surface area contributed by atoms with Crippen molar-refractivity contribution < 1.29 is 13.2 Å². The van der Waals surface area contributed by atoms with Crippen molar-refractivity contribution in [1.82, 2.24) is 25.3 Å². The van der Waals surface area contributed by atoms with Crippen molar-refractivity contribution >= 4 is 44.8 Å². The third-order valence-corrected chi connectivity index (χ3v) is 5.79. The van der Waals surface area contributed by atoms with Crippen LogP contribution in [0, 0.1) is 0 Å². The van der Waals surface area contributed by atoms with Crippen LogP contribution in [0.3, 0.4) is 0 Å². The van der Waals surface area contributed by atoms with Gasteiger partial charge >= 0.3 is 0 Å². The number of sulfonamides is 1. The normalized spacial score (nSPS) is 11.3. The molecule has 0 radical (unpaired) electrons. The highest BCUT2D eigenvalue weighted by atomic mass is 35.5. The molecule has 1 amide bonds. The monoisotopic (exact) mass is 516 g/mol. The summed E-state index contributed by atoms with van der Waals surface area (Å²) in [5.41, 5.74) is 2.62. The fourth-order valence-electron chi connectivity index (χ4n) is 3.13. The first kappa shape index (κ1) is 23.7. The zero-order valence-electron chi connectivity index (χ0n) is 17.7. The number of benzene rings is 2. The second kappa shape index (κ2) is 9.80. The van der Waals surface area contributed by atoms with Crippen LogP contribution in [0.25, 0.3) is 16.9 Å². The average molecular weight is 517 g/mol. The van der Waals surface area contributed by atoms with E-state index in [9.17, 15) is 13.2 Å². The number of anilines is 1. The van der Waals surface area contributed by atoms with E-state index in [1.807, 2.05) is 0 Å². The number of hydrogen-bond acceptors (Lipinski definition) is 6. The van der Waals surface area contributed by atoms with E-state index in [1.165, 1.54) is 4.68 Å². The summed E-state index contributed by atoms with van der Waals surface area (Å²) in [5.74, 6) is 0.105. The smallest absolute Gasteiger partial charge is 0.253 e. The van der Waals surface area contributed by atoms with E-state index in [0.29, 0.717) is 27.8 Å². The van der Waals surface area contributed by atoms with E-state index in [2.05, 4.69) is 25.3 Å². The summed E-state index contributed by atoms with van der Waals surface area (Å²) in [7, 11) is -3.41. The van der Waals surface area contributed by atoms with Crippen molar-refractivity contribution in [2.75, 3.05) is 11.0 Å². The molecular weight excluding hydrogens is 499 g/mol. The molecule has 0 aliphatic rings. The molecule has 0 saturated heterocycles. The summed E-state index contributed by atoms with van der Waals surface area (Å²) < 4.78 is 26.9. The molecule has 34 heavy (non-hydrogen) atoms. The number of halogens is 2. The van der Waals surface area contributed by atoms with Gasteiger partial charge in [-0.25, -0.2) is 18.1 Å². The first-order chi connectivity index (χ1) is 16.2. The molecule has 2 aromatic carbocycles. The SMILES string of the molecule is CS(=O)(=O)Nc1cccc(-c2ccc(Cl)c(C(=O)NCc3cn(-c4cc(Cl)ccn4)nn3)c2)c1. The van der Waals surface area contributed by atoms with Crippen LogP contribution in [0.2, 0.25) is 10.0 Å². The Morgan fingerprint density at radius 2 is 1.85 bits per heavy atom. The van der Waals surface area contributed by atoms with Gasteiger partial charge in [-0.2, -0.15) is 0 Å². The summed E-state index contributed by atoms with van der Waals surface area (Å²) in [5, 5.41) is 11.6. The van der Waals surface area contributed by atoms with Gasteiger partial charge in [-0.3, -0.25) is 9.52 Å². The Morgan fingerprint density at radius 1 is 1.06 bits per heavy atom. The lowest BCUT2D eigenvalue weighted by Crippen LogP contribution is -2.23. The number of nitrogens with one attached hydrogen (secondary N) is 2. The van der Waals surface area contributed by atoms with Crippen molar-refractivity contribution in [2.45, 2.75) is 6.54 Å². The predicted molar refractivity (Wildman–Crippen MR) is 131 cm³/mol. The zero-order valence-corrected chi connectivity index (χ0v) is 20.1. The molecule has 174 valence electrons. The Morgan fingerprint density at radius 3 is 2.62 bits per heavy atom. The maximum atomic E-state index is 12.8. The van der Waals surface area contributed by atoms with Crippen LogP contribution in [0.4, 0.5) is 5.69 Å². The maximum absolute atomic E-state index is 12.8. The van der Waals surface area contributed by atoms with Gasteiger partial charge in [0.15, 0.2) is 5.82 Å². The summed E-state index contributed by atoms with van der Waals surface area (Å²) in [6.45, 7) is 0.119. The molecule has 0 bridgehead atoms. The molecule has 12 heteroatoms. The Labute approximate surface area is 205 Å². The second-order valence-electron chi connectivity index (χ2n) is 7.32. The van der Waals surface area contributed by atoms with Crippen molar-refractivity contribution in [1.29, 1.82) is 0 Å². The largest absolute Gasteiger partial charge is 0.346 e. The highest BCUT2D eigenvalue weighted by Crippen LogP contribution is 2.27. The van der Waals surface area contributed by atoms with E-state index in [0.717, 1.165) is 11.8 Å². The van der Waals surface area contributed by atoms with Crippen LogP contribution in [0.15, 0.2) is 67.0 Å². The number of rotatable bonds is 7. The van der Waals surface area contributed by atoms with Crippen LogP contribution in [-0.4, -0.2) is 40.6 Å². The first-order valence-electron chi connectivity index (χ1n) is 9.87. The van der Waals surface area contributed by atoms with Gasteiger partial charge < -0.3 is 5.32 Å². The van der Waals surface area contributed by atoms with Gasteiger partial charge in [-0.05, 0) is 41.5 Å². The Kier molecular flexibility index (Phi) is 6.82. The molecule has 9 nitrogen and oxygen atoms in total. The number of amides is 1. The Bertz CT molecular complexity index is 1470. The minimum Gasteiger partial charge on any atom is -0.346 e. The van der Waals surface area contributed by atoms with Gasteiger partial charge in [0.05, 0.1) is 29.6 Å². The Balaban J connectivity index is 1.49. The predicted octanol–water partition coefficient (Wildman–Crippen LogP) is 3.94. The third-order valence-electron chi connectivity index (χ3n) is 4.62. The average Bonchev–Trinajstić information content (AvgIpc) is 3.26. The number of carbonyl (C=O) groups excluding carboxylic acids is 1. The number of pyridine rings is 1. The fourth-order valence-corrected chi connectivity index (χ4v) is 4.04. The van der Waals surface area contributed by atoms with E-state index in [1.54, 1.807) is 67.0 Å². The highest BCUT2D eigenvalue weighted by molar-refractivity contribution is 7.92. The lowest BCUT2D eigenvalue weighted by Gasteiger charge is -2.10. The maximum Gasteiger partial charge on any atom is 0.253 e. The molecule has 0 aliphatic carbocycles. The quantitative estimate of drug-likeness (QED) is 0.384. The summed E-state index contributed by atoms with van der Waals surface area (Å²) in [4.78, 5) is 17.0. The van der Waals surface area contributed by atoms with Crippen LogP contribution < -0.4 is 10.0 Å². The van der Waals surface area contributed by atoms with Gasteiger partial charge in [0.2, 0.25) is 10.0 Å². The molecular formula is C22H18Cl2N6O3S. The van der Waals surface area contributed by atoms with E-state index >= 15 is 0 Å². The van der Waals surface area contributed by atoms with Crippen LogP contribution in [0.5, 0.6) is 0 Å². The minimum absolute atomic E-state index is 0.119. The van der Waals surface area contributed by atoms with E-state index in [4.69, 9.17) is 23.2 Å². The minimum atomic E-state index is -3.41. The zero-order chi connectivity index (χ0) is 24.3. The lowest BCUT2D eigenvalue weighted by molar-refractivity contribution is 0.0950. The topological polar surface area (TPSA) is 119 Å². The molecule has 2 aromatic heterocycles. The highest BCUT2D eigenvalue weighted by Gasteiger charge is 2.14. The summed E-state index contributed by atoms with van der Waals surface area (Å²) in [6.07, 6.45) is 4.27. The standard InChI is InChI=1S/C22H18Cl2N6O3S/c1-34(32,33)28-17-4-2-3-14(9-17)15-5-6-20(24)19(10-15)22(31)26-12-18-13-30(29-27-18)21-11-16(23)7-8-25-21/h2-11,13,28H,12H2,1H3,(H,26,31). The number of carbonyl (C=O) groups is 1. The molecule has 0 saturated carbocycles. The molecule has 0 aliphatic heterocycles. The molecule has 0 unspecified atom stereocenters. The molecule has 4 rings (SSSR count). The van der Waals surface area contributed by atoms with Gasteiger partial charge in [0.1, 0.15) is 5.69 Å². The van der Waals surface area contributed by atoms with Crippen molar-refractivity contribution in [2.24, 2.45) is 0 Å². The van der Waals surface area contributed by atoms with E-state index < -0.39 is 15.9 Å². The summed E-state index contributed by atoms with van der Waals surface area (Å²) in [6, 6.07) is 15.1. The fraction of sp³-hybridized carbons (Fsp3) is 0.0909. The van der Waals surface area contributed by atoms with Crippen molar-refractivity contribution in [3.63, 3.8) is 0 Å². The molecule has 0 spiro atoms. The van der Waals surface area contributed by atoms with Crippen LogP contribution in [0.1, 0.15) is 16.1 Å².